The van der Waals surface area contributed by atoms with Gasteiger partial charge in [-0.1, -0.05) is 59.1 Å². The summed E-state index contributed by atoms with van der Waals surface area (Å²) in [5.74, 6) is 1.01. The van der Waals surface area contributed by atoms with Crippen LogP contribution in [0, 0.1) is 5.92 Å². The molecule has 218 valence electrons. The van der Waals surface area contributed by atoms with Crippen molar-refractivity contribution in [3.05, 3.63) is 98.7 Å². The van der Waals surface area contributed by atoms with Crippen LogP contribution in [0.1, 0.15) is 34.6 Å². The molecule has 3 aromatic carbocycles. The number of amides is 2. The molecule has 6 rings (SSSR count). The third kappa shape index (κ3) is 6.30. The van der Waals surface area contributed by atoms with Crippen molar-refractivity contribution >= 4 is 57.7 Å². The number of carbonyl (C=O) groups excluding carboxylic acids is 2. The number of fused-ring (bicyclic) bond motifs is 1. The minimum Gasteiger partial charge on any atom is -0.339 e. The van der Waals surface area contributed by atoms with Gasteiger partial charge in [0.05, 0.1) is 33.5 Å². The number of benzene rings is 3. The fourth-order valence-electron chi connectivity index (χ4n) is 6.00. The van der Waals surface area contributed by atoms with E-state index in [1.807, 2.05) is 47.4 Å². The number of likely N-dealkylation sites (tertiary alicyclic amines) is 1. The number of imidazole rings is 1. The van der Waals surface area contributed by atoms with Crippen LogP contribution in [0.25, 0.3) is 11.0 Å². The summed E-state index contributed by atoms with van der Waals surface area (Å²) in [5.41, 5.74) is 3.74. The van der Waals surface area contributed by atoms with Crippen LogP contribution in [-0.4, -0.2) is 75.3 Å². The van der Waals surface area contributed by atoms with Crippen molar-refractivity contribution in [2.75, 3.05) is 39.3 Å². The van der Waals surface area contributed by atoms with E-state index in [2.05, 4.69) is 15.5 Å². The van der Waals surface area contributed by atoms with Gasteiger partial charge in [-0.05, 0) is 67.4 Å². The molecular weight excluding hydrogens is 593 g/mol. The molecule has 0 saturated carbocycles. The van der Waals surface area contributed by atoms with Crippen molar-refractivity contribution < 1.29 is 9.59 Å². The molecule has 1 atom stereocenters. The number of piperazine rings is 1. The van der Waals surface area contributed by atoms with Gasteiger partial charge in [-0.2, -0.15) is 0 Å². The summed E-state index contributed by atoms with van der Waals surface area (Å²) in [6, 6.07) is 21.1. The van der Waals surface area contributed by atoms with E-state index < -0.39 is 0 Å². The van der Waals surface area contributed by atoms with Crippen LogP contribution in [0.2, 0.25) is 15.1 Å². The van der Waals surface area contributed by atoms with E-state index in [1.165, 1.54) is 0 Å². The summed E-state index contributed by atoms with van der Waals surface area (Å²) in [4.78, 5) is 37.6. The summed E-state index contributed by atoms with van der Waals surface area (Å²) in [5, 5.41) is 1.50. The van der Waals surface area contributed by atoms with Crippen molar-refractivity contribution in [2.24, 2.45) is 5.92 Å². The lowest BCUT2D eigenvalue weighted by atomic mass is 9.96. The Morgan fingerprint density at radius 1 is 0.810 bits per heavy atom. The molecule has 4 aromatic rings. The van der Waals surface area contributed by atoms with Gasteiger partial charge in [0.2, 0.25) is 5.91 Å². The highest BCUT2D eigenvalue weighted by Gasteiger charge is 2.32. The normalized spacial score (nSPS) is 18.0. The number of hydrogen-bond acceptors (Lipinski definition) is 4. The molecule has 2 saturated heterocycles. The largest absolute Gasteiger partial charge is 0.339 e. The smallest absolute Gasteiger partial charge is 0.254 e. The van der Waals surface area contributed by atoms with Gasteiger partial charge in [0.1, 0.15) is 5.82 Å². The highest BCUT2D eigenvalue weighted by molar-refractivity contribution is 6.42. The second-order valence-corrected chi connectivity index (χ2v) is 12.3. The van der Waals surface area contributed by atoms with Crippen LogP contribution in [0.4, 0.5) is 0 Å². The Bertz CT molecular complexity index is 1600. The first kappa shape index (κ1) is 29.0. The molecule has 2 amide bonds. The van der Waals surface area contributed by atoms with E-state index in [-0.39, 0.29) is 17.7 Å². The van der Waals surface area contributed by atoms with E-state index in [0.29, 0.717) is 61.4 Å². The van der Waals surface area contributed by atoms with Crippen LogP contribution in [0.3, 0.4) is 0 Å². The second-order valence-electron chi connectivity index (χ2n) is 11.0. The molecule has 42 heavy (non-hydrogen) atoms. The molecule has 0 unspecified atom stereocenters. The van der Waals surface area contributed by atoms with Crippen molar-refractivity contribution in [1.29, 1.82) is 0 Å². The van der Waals surface area contributed by atoms with Crippen LogP contribution in [0.15, 0.2) is 66.7 Å². The quantitative estimate of drug-likeness (QED) is 0.255. The maximum atomic E-state index is 13.6. The van der Waals surface area contributed by atoms with Gasteiger partial charge >= 0.3 is 0 Å². The third-order valence-electron chi connectivity index (χ3n) is 8.25. The minimum absolute atomic E-state index is 0.0647. The number of hydrogen-bond donors (Lipinski definition) is 0. The maximum absolute atomic E-state index is 13.6. The number of para-hydroxylation sites is 2. The first-order valence-electron chi connectivity index (χ1n) is 14.3. The zero-order valence-electron chi connectivity index (χ0n) is 23.2. The van der Waals surface area contributed by atoms with Crippen molar-refractivity contribution in [3.63, 3.8) is 0 Å². The summed E-state index contributed by atoms with van der Waals surface area (Å²) < 4.78 is 2.27. The number of carbonyl (C=O) groups is 2. The average molecular weight is 625 g/mol. The van der Waals surface area contributed by atoms with Crippen molar-refractivity contribution in [3.8, 4) is 0 Å². The summed E-state index contributed by atoms with van der Waals surface area (Å²) in [6.07, 6.45) is 1.84. The molecule has 2 aliphatic heterocycles. The van der Waals surface area contributed by atoms with Crippen LogP contribution in [-0.2, 0) is 17.9 Å². The molecular formula is C32H32Cl3N5O2. The summed E-state index contributed by atoms with van der Waals surface area (Å²) in [6.45, 7) is 5.06. The zero-order chi connectivity index (χ0) is 29.2. The highest BCUT2D eigenvalue weighted by Crippen LogP contribution is 2.26. The number of rotatable bonds is 6. The lowest BCUT2D eigenvalue weighted by Gasteiger charge is -2.39. The van der Waals surface area contributed by atoms with Crippen LogP contribution < -0.4 is 0 Å². The fraction of sp³-hybridized carbons (Fsp3) is 0.344. The molecule has 1 aromatic heterocycles. The Morgan fingerprint density at radius 2 is 1.55 bits per heavy atom. The lowest BCUT2D eigenvalue weighted by molar-refractivity contribution is -0.139. The summed E-state index contributed by atoms with van der Waals surface area (Å²) >= 11 is 18.2. The van der Waals surface area contributed by atoms with E-state index in [0.717, 1.165) is 46.8 Å². The molecule has 0 spiro atoms. The van der Waals surface area contributed by atoms with Gasteiger partial charge < -0.3 is 14.4 Å². The Labute approximate surface area is 260 Å². The van der Waals surface area contributed by atoms with Crippen molar-refractivity contribution in [1.82, 2.24) is 24.3 Å². The van der Waals surface area contributed by atoms with Crippen LogP contribution >= 0.6 is 34.8 Å². The number of piperidine rings is 1. The highest BCUT2D eigenvalue weighted by atomic mass is 35.5. The van der Waals surface area contributed by atoms with Gasteiger partial charge in [-0.3, -0.25) is 14.5 Å². The molecule has 0 bridgehead atoms. The second kappa shape index (κ2) is 12.6. The fourth-order valence-corrected chi connectivity index (χ4v) is 6.42. The first-order valence-corrected chi connectivity index (χ1v) is 15.4. The topological polar surface area (TPSA) is 61.7 Å². The molecule has 0 N–H and O–H groups in total. The SMILES string of the molecule is O=C(c1ccc(Cl)c(Cl)c1)N1CCN(C(=O)[C@@H]2CCCN(Cc3nc4ccccc4n3Cc3ccc(Cl)cc3)C2)CC1. The van der Waals surface area contributed by atoms with Crippen LogP contribution in [0.5, 0.6) is 0 Å². The molecule has 7 nitrogen and oxygen atoms in total. The van der Waals surface area contributed by atoms with Gasteiger partial charge in [-0.15, -0.1) is 0 Å². The molecule has 10 heteroatoms. The van der Waals surface area contributed by atoms with E-state index in [4.69, 9.17) is 39.8 Å². The number of halogens is 3. The van der Waals surface area contributed by atoms with E-state index in [1.54, 1.807) is 23.1 Å². The zero-order valence-corrected chi connectivity index (χ0v) is 25.5. The predicted molar refractivity (Wildman–Crippen MR) is 167 cm³/mol. The molecule has 2 aliphatic rings. The third-order valence-corrected chi connectivity index (χ3v) is 9.24. The molecule has 0 radical (unpaired) electrons. The van der Waals surface area contributed by atoms with Gasteiger partial charge in [-0.25, -0.2) is 4.98 Å². The van der Waals surface area contributed by atoms with E-state index in [9.17, 15) is 9.59 Å². The molecule has 0 aliphatic carbocycles. The standard InChI is InChI=1S/C32H32Cl3N5O2/c33-25-10-7-22(8-11-25)19-40-29-6-2-1-5-28(29)36-30(40)21-37-13-3-4-24(20-37)32(42)39-16-14-38(15-17-39)31(41)23-9-12-26(34)27(35)18-23/h1-2,5-12,18,24H,3-4,13-17,19-21H2/t24-/m1/s1. The lowest BCUT2D eigenvalue weighted by Crippen LogP contribution is -2.53. The number of nitrogens with zero attached hydrogens (tertiary/aromatic N) is 5. The van der Waals surface area contributed by atoms with Gasteiger partial charge in [0, 0.05) is 49.9 Å². The maximum Gasteiger partial charge on any atom is 0.254 e. The molecule has 3 heterocycles. The average Bonchev–Trinajstić information content (AvgIpc) is 3.35. The predicted octanol–water partition coefficient (Wildman–Crippen LogP) is 6.24. The van der Waals surface area contributed by atoms with E-state index >= 15 is 0 Å². The monoisotopic (exact) mass is 623 g/mol. The molecule has 2 fully saturated rings. The number of aromatic nitrogens is 2. The first-order chi connectivity index (χ1) is 20.4. The summed E-state index contributed by atoms with van der Waals surface area (Å²) in [7, 11) is 0. The van der Waals surface area contributed by atoms with Gasteiger partial charge in [0.15, 0.2) is 0 Å². The minimum atomic E-state index is -0.0917. The Balaban J connectivity index is 1.09. The Hall–Kier alpha value is -3.10. The Morgan fingerprint density at radius 3 is 2.31 bits per heavy atom. The Kier molecular flexibility index (Phi) is 8.72. The van der Waals surface area contributed by atoms with Gasteiger partial charge in [0.25, 0.3) is 5.91 Å². The van der Waals surface area contributed by atoms with Crippen molar-refractivity contribution in [2.45, 2.75) is 25.9 Å².